The predicted molar refractivity (Wildman–Crippen MR) is 66.8 cm³/mol. The number of rotatable bonds is 5. The molecule has 3 N–H and O–H groups in total. The van der Waals surface area contributed by atoms with Crippen molar-refractivity contribution in [3.63, 3.8) is 0 Å². The fourth-order valence-electron chi connectivity index (χ4n) is 1.33. The van der Waals surface area contributed by atoms with Gasteiger partial charge in [0.15, 0.2) is 0 Å². The second-order valence-electron chi connectivity index (χ2n) is 4.08. The van der Waals surface area contributed by atoms with Crippen LogP contribution >= 0.6 is 0 Å². The Kier molecular flexibility index (Phi) is 4.90. The Labute approximate surface area is 101 Å². The molecule has 0 fully saturated rings. The van der Waals surface area contributed by atoms with E-state index in [1.54, 1.807) is 13.0 Å². The normalized spacial score (nSPS) is 10.6. The Morgan fingerprint density at radius 3 is 2.94 bits per heavy atom. The van der Waals surface area contributed by atoms with Crippen LogP contribution in [0.3, 0.4) is 0 Å². The van der Waals surface area contributed by atoms with Crippen molar-refractivity contribution in [3.05, 3.63) is 23.5 Å². The van der Waals surface area contributed by atoms with Crippen molar-refractivity contribution in [2.24, 2.45) is 0 Å². The first-order valence-electron chi connectivity index (χ1n) is 5.62. The zero-order valence-electron chi connectivity index (χ0n) is 10.5. The Morgan fingerprint density at radius 2 is 2.29 bits per heavy atom. The van der Waals surface area contributed by atoms with Crippen molar-refractivity contribution in [3.8, 4) is 0 Å². The number of hydrogen-bond donors (Lipinski definition) is 2. The highest BCUT2D eigenvalue weighted by molar-refractivity contribution is 5.95. The van der Waals surface area contributed by atoms with Crippen molar-refractivity contribution < 1.29 is 9.53 Å². The molecular weight excluding hydrogens is 218 g/mol. The van der Waals surface area contributed by atoms with Gasteiger partial charge in [0.05, 0.1) is 35.9 Å². The summed E-state index contributed by atoms with van der Waals surface area (Å²) >= 11 is 0. The average Bonchev–Trinajstić information content (AvgIpc) is 2.27. The molecule has 1 amide bonds. The quantitative estimate of drug-likeness (QED) is 0.752. The molecule has 1 aromatic heterocycles. The third-order valence-electron chi connectivity index (χ3n) is 2.19. The van der Waals surface area contributed by atoms with E-state index in [0.717, 1.165) is 0 Å². The molecule has 0 aromatic carbocycles. The van der Waals surface area contributed by atoms with Crippen LogP contribution in [0.15, 0.2) is 12.3 Å². The van der Waals surface area contributed by atoms with Gasteiger partial charge >= 0.3 is 0 Å². The third-order valence-corrected chi connectivity index (χ3v) is 2.19. The number of nitrogens with one attached hydrogen (secondary N) is 1. The number of anilines is 1. The number of carbonyl (C=O) groups excluding carboxylic acids is 1. The summed E-state index contributed by atoms with van der Waals surface area (Å²) in [6, 6.07) is 1.63. The van der Waals surface area contributed by atoms with Crippen LogP contribution in [0.5, 0.6) is 0 Å². The van der Waals surface area contributed by atoms with E-state index in [4.69, 9.17) is 10.5 Å². The highest BCUT2D eigenvalue weighted by atomic mass is 16.5. The molecule has 1 heterocycles. The molecule has 1 aromatic rings. The number of ether oxygens (including phenoxy) is 1. The minimum absolute atomic E-state index is 0.169. The van der Waals surface area contributed by atoms with Crippen LogP contribution in [-0.4, -0.2) is 30.1 Å². The lowest BCUT2D eigenvalue weighted by molar-refractivity contribution is 0.0746. The molecule has 0 bridgehead atoms. The van der Waals surface area contributed by atoms with Crippen LogP contribution < -0.4 is 11.1 Å². The van der Waals surface area contributed by atoms with Gasteiger partial charge in [-0.05, 0) is 26.8 Å². The number of aromatic nitrogens is 1. The van der Waals surface area contributed by atoms with Crippen LogP contribution in [0.4, 0.5) is 5.69 Å². The number of amides is 1. The molecule has 94 valence electrons. The molecule has 0 aliphatic heterocycles. The van der Waals surface area contributed by atoms with Crippen LogP contribution in [-0.2, 0) is 4.74 Å². The fraction of sp³-hybridized carbons (Fsp3) is 0.500. The van der Waals surface area contributed by atoms with Gasteiger partial charge in [0.1, 0.15) is 0 Å². The van der Waals surface area contributed by atoms with Gasteiger partial charge in [-0.2, -0.15) is 0 Å². The van der Waals surface area contributed by atoms with E-state index in [2.05, 4.69) is 10.3 Å². The Morgan fingerprint density at radius 1 is 1.59 bits per heavy atom. The lowest BCUT2D eigenvalue weighted by atomic mass is 10.2. The molecule has 0 radical (unpaired) electrons. The summed E-state index contributed by atoms with van der Waals surface area (Å²) in [5, 5.41) is 2.76. The van der Waals surface area contributed by atoms with E-state index in [0.29, 0.717) is 30.1 Å². The Bertz CT molecular complexity index is 391. The topological polar surface area (TPSA) is 77.2 Å². The molecule has 0 aliphatic rings. The largest absolute Gasteiger partial charge is 0.397 e. The number of pyridine rings is 1. The molecule has 5 heteroatoms. The standard InChI is InChI=1S/C12H19N3O2/c1-8(2)17-5-4-14-12(16)11-6-10(13)7-15-9(11)3/h6-8H,4-5,13H2,1-3H3,(H,14,16). The van der Waals surface area contributed by atoms with Crippen LogP contribution in [0.1, 0.15) is 29.9 Å². The summed E-state index contributed by atoms with van der Waals surface area (Å²) < 4.78 is 5.33. The summed E-state index contributed by atoms with van der Waals surface area (Å²) in [5.41, 5.74) is 7.25. The minimum Gasteiger partial charge on any atom is -0.397 e. The summed E-state index contributed by atoms with van der Waals surface area (Å²) in [4.78, 5) is 15.8. The van der Waals surface area contributed by atoms with Gasteiger partial charge in [-0.15, -0.1) is 0 Å². The SMILES string of the molecule is Cc1ncc(N)cc1C(=O)NCCOC(C)C. The first-order valence-corrected chi connectivity index (χ1v) is 5.62. The molecule has 5 nitrogen and oxygen atoms in total. The molecular formula is C12H19N3O2. The Balaban J connectivity index is 2.49. The lowest BCUT2D eigenvalue weighted by Gasteiger charge is -2.10. The second kappa shape index (κ2) is 6.20. The van der Waals surface area contributed by atoms with Crippen LogP contribution in [0, 0.1) is 6.92 Å². The maximum absolute atomic E-state index is 11.8. The number of nitrogen functional groups attached to an aromatic ring is 1. The lowest BCUT2D eigenvalue weighted by Crippen LogP contribution is -2.28. The summed E-state index contributed by atoms with van der Waals surface area (Å²) in [6.45, 7) is 6.66. The molecule has 1 rings (SSSR count). The number of nitrogens with zero attached hydrogens (tertiary/aromatic N) is 1. The van der Waals surface area contributed by atoms with Gasteiger partial charge in [-0.3, -0.25) is 9.78 Å². The minimum atomic E-state index is -0.172. The van der Waals surface area contributed by atoms with Gasteiger partial charge in [-0.1, -0.05) is 0 Å². The predicted octanol–water partition coefficient (Wildman–Crippen LogP) is 1.13. The Hall–Kier alpha value is -1.62. The third kappa shape index (κ3) is 4.40. The fourth-order valence-corrected chi connectivity index (χ4v) is 1.33. The highest BCUT2D eigenvalue weighted by Crippen LogP contribution is 2.08. The van der Waals surface area contributed by atoms with E-state index in [1.807, 2.05) is 13.8 Å². The van der Waals surface area contributed by atoms with Crippen molar-refractivity contribution in [1.82, 2.24) is 10.3 Å². The van der Waals surface area contributed by atoms with Crippen molar-refractivity contribution >= 4 is 11.6 Å². The van der Waals surface area contributed by atoms with Gasteiger partial charge in [0.25, 0.3) is 5.91 Å². The molecule has 17 heavy (non-hydrogen) atoms. The number of carbonyl (C=O) groups is 1. The van der Waals surface area contributed by atoms with Crippen LogP contribution in [0.25, 0.3) is 0 Å². The van der Waals surface area contributed by atoms with E-state index >= 15 is 0 Å². The van der Waals surface area contributed by atoms with Gasteiger partial charge < -0.3 is 15.8 Å². The highest BCUT2D eigenvalue weighted by Gasteiger charge is 2.09. The van der Waals surface area contributed by atoms with Crippen molar-refractivity contribution in [1.29, 1.82) is 0 Å². The molecule has 0 saturated heterocycles. The first kappa shape index (κ1) is 13.4. The number of hydrogen-bond acceptors (Lipinski definition) is 4. The average molecular weight is 237 g/mol. The van der Waals surface area contributed by atoms with Gasteiger partial charge in [0, 0.05) is 6.54 Å². The van der Waals surface area contributed by atoms with E-state index < -0.39 is 0 Å². The van der Waals surface area contributed by atoms with E-state index in [-0.39, 0.29) is 12.0 Å². The van der Waals surface area contributed by atoms with Gasteiger partial charge in [0.2, 0.25) is 0 Å². The maximum atomic E-state index is 11.8. The van der Waals surface area contributed by atoms with E-state index in [9.17, 15) is 4.79 Å². The van der Waals surface area contributed by atoms with Crippen molar-refractivity contribution in [2.75, 3.05) is 18.9 Å². The monoisotopic (exact) mass is 237 g/mol. The maximum Gasteiger partial charge on any atom is 0.253 e. The molecule has 0 unspecified atom stereocenters. The molecule has 0 spiro atoms. The second-order valence-corrected chi connectivity index (χ2v) is 4.08. The summed E-state index contributed by atoms with van der Waals surface area (Å²) in [7, 11) is 0. The number of nitrogens with two attached hydrogens (primary N) is 1. The van der Waals surface area contributed by atoms with Crippen LogP contribution in [0.2, 0.25) is 0 Å². The van der Waals surface area contributed by atoms with Gasteiger partial charge in [-0.25, -0.2) is 0 Å². The molecule has 0 aliphatic carbocycles. The van der Waals surface area contributed by atoms with Crippen molar-refractivity contribution in [2.45, 2.75) is 26.9 Å². The summed E-state index contributed by atoms with van der Waals surface area (Å²) in [6.07, 6.45) is 1.70. The summed E-state index contributed by atoms with van der Waals surface area (Å²) in [5.74, 6) is -0.172. The number of aryl methyl sites for hydroxylation is 1. The first-order chi connectivity index (χ1) is 8.00. The molecule has 0 atom stereocenters. The van der Waals surface area contributed by atoms with E-state index in [1.165, 1.54) is 6.20 Å². The molecule has 0 saturated carbocycles. The zero-order chi connectivity index (χ0) is 12.8. The zero-order valence-corrected chi connectivity index (χ0v) is 10.5. The smallest absolute Gasteiger partial charge is 0.253 e.